The average molecular weight is 527 g/mol. The average Bonchev–Trinajstić information content (AvgIpc) is 2.46. The molecule has 0 radical (unpaired) electrons. The Morgan fingerprint density at radius 1 is 1.19 bits per heavy atom. The van der Waals surface area contributed by atoms with Crippen LogP contribution in [0.25, 0.3) is 0 Å². The van der Waals surface area contributed by atoms with E-state index < -0.39 is 0 Å². The first kappa shape index (κ1) is 17.4. The van der Waals surface area contributed by atoms with Crippen molar-refractivity contribution in [3.63, 3.8) is 0 Å². The zero-order valence-corrected chi connectivity index (χ0v) is 16.8. The molecule has 2 aromatic rings. The van der Waals surface area contributed by atoms with Crippen LogP contribution in [0.4, 0.5) is 4.39 Å². The molecule has 0 aromatic heterocycles. The maximum Gasteiger partial charge on any atom is 0.137 e. The highest BCUT2D eigenvalue weighted by Crippen LogP contribution is 2.31. The van der Waals surface area contributed by atoms with Gasteiger partial charge in [0, 0.05) is 8.04 Å². The molecular formula is C16H15Br2FIN. The minimum Gasteiger partial charge on any atom is -0.306 e. The van der Waals surface area contributed by atoms with E-state index in [0.717, 1.165) is 23.0 Å². The van der Waals surface area contributed by atoms with Crippen LogP contribution in [0.3, 0.4) is 0 Å². The van der Waals surface area contributed by atoms with Gasteiger partial charge in [0.25, 0.3) is 0 Å². The van der Waals surface area contributed by atoms with Crippen molar-refractivity contribution in [2.75, 3.05) is 6.54 Å². The minimum absolute atomic E-state index is 0.0475. The van der Waals surface area contributed by atoms with Crippen molar-refractivity contribution in [1.82, 2.24) is 5.32 Å². The molecule has 0 spiro atoms. The van der Waals surface area contributed by atoms with Crippen LogP contribution in [0.15, 0.2) is 45.3 Å². The predicted molar refractivity (Wildman–Crippen MR) is 101 cm³/mol. The third kappa shape index (κ3) is 4.50. The minimum atomic E-state index is -0.239. The Morgan fingerprint density at radius 2 is 1.95 bits per heavy atom. The van der Waals surface area contributed by atoms with Gasteiger partial charge < -0.3 is 5.32 Å². The molecule has 1 unspecified atom stereocenters. The van der Waals surface area contributed by atoms with Gasteiger partial charge in [-0.05, 0) is 92.9 Å². The fraction of sp³-hybridized carbons (Fsp3) is 0.250. The van der Waals surface area contributed by atoms with Crippen molar-refractivity contribution in [3.05, 3.63) is 65.9 Å². The lowest BCUT2D eigenvalue weighted by atomic mass is 9.98. The van der Waals surface area contributed by atoms with Gasteiger partial charge >= 0.3 is 0 Å². The lowest BCUT2D eigenvalue weighted by Gasteiger charge is -2.21. The number of hydrogen-bond donors (Lipinski definition) is 1. The summed E-state index contributed by atoms with van der Waals surface area (Å²) in [7, 11) is 0. The molecule has 0 aliphatic heterocycles. The molecule has 1 nitrogen and oxygen atoms in total. The van der Waals surface area contributed by atoms with Crippen LogP contribution in [0, 0.1) is 9.39 Å². The second-order valence-electron chi connectivity index (χ2n) is 4.73. The van der Waals surface area contributed by atoms with Crippen LogP contribution < -0.4 is 5.32 Å². The van der Waals surface area contributed by atoms with E-state index in [-0.39, 0.29) is 11.9 Å². The van der Waals surface area contributed by atoms with Gasteiger partial charge in [0.2, 0.25) is 0 Å². The van der Waals surface area contributed by atoms with Gasteiger partial charge in [-0.2, -0.15) is 0 Å². The molecule has 0 amide bonds. The summed E-state index contributed by atoms with van der Waals surface area (Å²) in [6, 6.07) is 11.5. The molecule has 0 bridgehead atoms. The van der Waals surface area contributed by atoms with E-state index in [1.807, 2.05) is 18.2 Å². The largest absolute Gasteiger partial charge is 0.306 e. The molecule has 112 valence electrons. The van der Waals surface area contributed by atoms with Gasteiger partial charge in [-0.25, -0.2) is 4.39 Å². The highest BCUT2D eigenvalue weighted by molar-refractivity contribution is 14.1. The third-order valence-electron chi connectivity index (χ3n) is 3.14. The number of nitrogens with one attached hydrogen (secondary N) is 1. The normalized spacial score (nSPS) is 12.4. The van der Waals surface area contributed by atoms with Crippen molar-refractivity contribution >= 4 is 54.5 Å². The molecule has 2 aromatic carbocycles. The Hall–Kier alpha value is 0.0200. The van der Waals surface area contributed by atoms with Gasteiger partial charge in [0.05, 0.1) is 10.5 Å². The van der Waals surface area contributed by atoms with Crippen molar-refractivity contribution in [3.8, 4) is 0 Å². The molecule has 21 heavy (non-hydrogen) atoms. The first-order valence-electron chi connectivity index (χ1n) is 6.66. The zero-order chi connectivity index (χ0) is 15.4. The van der Waals surface area contributed by atoms with Crippen LogP contribution >= 0.6 is 54.5 Å². The van der Waals surface area contributed by atoms with E-state index in [4.69, 9.17) is 0 Å². The first-order chi connectivity index (χ1) is 10.0. The van der Waals surface area contributed by atoms with E-state index in [9.17, 15) is 4.39 Å². The van der Waals surface area contributed by atoms with Crippen LogP contribution in [0.5, 0.6) is 0 Å². The Morgan fingerprint density at radius 3 is 2.62 bits per heavy atom. The van der Waals surface area contributed by atoms with Gasteiger partial charge in [0.1, 0.15) is 5.82 Å². The van der Waals surface area contributed by atoms with Crippen LogP contribution in [0.2, 0.25) is 0 Å². The highest BCUT2D eigenvalue weighted by Gasteiger charge is 2.17. The van der Waals surface area contributed by atoms with E-state index in [2.05, 4.69) is 78.8 Å². The van der Waals surface area contributed by atoms with Crippen LogP contribution in [-0.2, 0) is 0 Å². The molecule has 0 heterocycles. The summed E-state index contributed by atoms with van der Waals surface area (Å²) in [5.74, 6) is -0.239. The summed E-state index contributed by atoms with van der Waals surface area (Å²) in [5, 5.41) is 3.55. The van der Waals surface area contributed by atoms with Crippen molar-refractivity contribution in [2.24, 2.45) is 0 Å². The SMILES string of the molecule is CCCNC(c1ccc(F)c(Br)c1)c1cc(Br)ccc1I. The molecule has 0 saturated heterocycles. The standard InChI is InChI=1S/C16H15Br2FIN/c1-2-7-21-16(10-3-5-14(19)13(18)8-10)12-9-11(17)4-6-15(12)20/h3-6,8-9,16,21H,2,7H2,1H3. The topological polar surface area (TPSA) is 12.0 Å². The summed E-state index contributed by atoms with van der Waals surface area (Å²) >= 11 is 9.14. The Balaban J connectivity index is 2.46. The maximum atomic E-state index is 13.5. The summed E-state index contributed by atoms with van der Waals surface area (Å²) < 4.78 is 16.2. The molecule has 2 rings (SSSR count). The molecule has 1 N–H and O–H groups in total. The van der Waals surface area contributed by atoms with Gasteiger partial charge in [-0.1, -0.05) is 28.9 Å². The lowest BCUT2D eigenvalue weighted by molar-refractivity contribution is 0.589. The van der Waals surface area contributed by atoms with Crippen LogP contribution in [0.1, 0.15) is 30.5 Å². The number of benzene rings is 2. The third-order valence-corrected chi connectivity index (χ3v) is 5.23. The van der Waals surface area contributed by atoms with E-state index in [1.165, 1.54) is 15.2 Å². The highest BCUT2D eigenvalue weighted by atomic mass is 127. The van der Waals surface area contributed by atoms with E-state index in [0.29, 0.717) is 4.47 Å². The maximum absolute atomic E-state index is 13.5. The molecular weight excluding hydrogens is 512 g/mol. The fourth-order valence-electron chi connectivity index (χ4n) is 2.12. The summed E-state index contributed by atoms with van der Waals surface area (Å²) in [4.78, 5) is 0. The monoisotopic (exact) mass is 525 g/mol. The summed E-state index contributed by atoms with van der Waals surface area (Å²) in [5.41, 5.74) is 2.24. The van der Waals surface area contributed by atoms with Gasteiger partial charge in [-0.3, -0.25) is 0 Å². The molecule has 0 saturated carbocycles. The molecule has 0 aliphatic carbocycles. The number of halogens is 4. The van der Waals surface area contributed by atoms with E-state index >= 15 is 0 Å². The second-order valence-corrected chi connectivity index (χ2v) is 7.66. The molecule has 5 heteroatoms. The predicted octanol–water partition coefficient (Wildman–Crippen LogP) is 6.04. The fourth-order valence-corrected chi connectivity index (χ4v) is 3.55. The summed E-state index contributed by atoms with van der Waals surface area (Å²) in [6.45, 7) is 3.04. The molecule has 0 aliphatic rings. The lowest BCUT2D eigenvalue weighted by Crippen LogP contribution is -2.24. The molecule has 0 fully saturated rings. The Bertz CT molecular complexity index is 634. The van der Waals surface area contributed by atoms with Crippen molar-refractivity contribution < 1.29 is 4.39 Å². The van der Waals surface area contributed by atoms with Crippen molar-refractivity contribution in [1.29, 1.82) is 0 Å². The summed E-state index contributed by atoms with van der Waals surface area (Å²) in [6.07, 6.45) is 1.05. The quantitative estimate of drug-likeness (QED) is 0.468. The van der Waals surface area contributed by atoms with Crippen molar-refractivity contribution in [2.45, 2.75) is 19.4 Å². The first-order valence-corrected chi connectivity index (χ1v) is 9.32. The number of hydrogen-bond acceptors (Lipinski definition) is 1. The number of rotatable bonds is 5. The molecule has 1 atom stereocenters. The Labute approximate surface area is 155 Å². The Kier molecular flexibility index (Phi) is 6.65. The van der Waals surface area contributed by atoms with Crippen LogP contribution in [-0.4, -0.2) is 6.54 Å². The second kappa shape index (κ2) is 8.04. The van der Waals surface area contributed by atoms with E-state index in [1.54, 1.807) is 0 Å². The smallest absolute Gasteiger partial charge is 0.137 e. The van der Waals surface area contributed by atoms with Gasteiger partial charge in [-0.15, -0.1) is 0 Å². The zero-order valence-electron chi connectivity index (χ0n) is 11.5. The van der Waals surface area contributed by atoms with Gasteiger partial charge in [0.15, 0.2) is 0 Å².